The van der Waals surface area contributed by atoms with E-state index in [4.69, 9.17) is 0 Å². The van der Waals surface area contributed by atoms with Gasteiger partial charge >= 0.3 is 6.03 Å². The quantitative estimate of drug-likeness (QED) is 0.631. The van der Waals surface area contributed by atoms with Crippen LogP contribution in [0, 0.1) is 6.92 Å². The van der Waals surface area contributed by atoms with E-state index in [-0.39, 0.29) is 11.9 Å². The minimum absolute atomic E-state index is 0.137. The van der Waals surface area contributed by atoms with Crippen molar-refractivity contribution in [2.45, 2.75) is 44.7 Å². The first-order valence-corrected chi connectivity index (χ1v) is 11.9. The van der Waals surface area contributed by atoms with Crippen molar-refractivity contribution >= 4 is 23.3 Å². The Morgan fingerprint density at radius 1 is 0.970 bits per heavy atom. The average molecular weight is 450 g/mol. The summed E-state index contributed by atoms with van der Waals surface area (Å²) in [6.07, 6.45) is 3.15. The lowest BCUT2D eigenvalue weighted by Gasteiger charge is -2.35. The minimum Gasteiger partial charge on any atom is -0.369 e. The van der Waals surface area contributed by atoms with Gasteiger partial charge in [-0.15, -0.1) is 0 Å². The van der Waals surface area contributed by atoms with E-state index >= 15 is 0 Å². The van der Waals surface area contributed by atoms with Crippen LogP contribution in [0.3, 0.4) is 0 Å². The van der Waals surface area contributed by atoms with E-state index in [1.54, 1.807) is 0 Å². The van der Waals surface area contributed by atoms with Gasteiger partial charge in [-0.1, -0.05) is 43.2 Å². The van der Waals surface area contributed by atoms with Crippen LogP contribution in [0.25, 0.3) is 0 Å². The Bertz CT molecular complexity index is 964. The Morgan fingerprint density at radius 2 is 1.67 bits per heavy atom. The third kappa shape index (κ3) is 5.66. The molecule has 3 amide bonds. The summed E-state index contributed by atoms with van der Waals surface area (Å²) in [5.74, 6) is -0.137. The lowest BCUT2D eigenvalue weighted by atomic mass is 9.96. The summed E-state index contributed by atoms with van der Waals surface area (Å²) >= 11 is 0. The van der Waals surface area contributed by atoms with Crippen molar-refractivity contribution in [3.05, 3.63) is 59.7 Å². The highest BCUT2D eigenvalue weighted by molar-refractivity contribution is 6.00. The number of nitrogens with zero attached hydrogens (tertiary/aromatic N) is 2. The molecule has 176 valence electrons. The molecule has 0 atom stereocenters. The van der Waals surface area contributed by atoms with Crippen LogP contribution >= 0.6 is 0 Å². The summed E-state index contributed by atoms with van der Waals surface area (Å²) in [6.45, 7) is 6.64. The number of anilines is 2. The number of amides is 3. The van der Waals surface area contributed by atoms with Crippen LogP contribution in [0.4, 0.5) is 16.2 Å². The maximum absolute atomic E-state index is 13.3. The molecule has 3 N–H and O–H groups in total. The van der Waals surface area contributed by atoms with Gasteiger partial charge in [0.2, 0.25) is 5.91 Å². The van der Waals surface area contributed by atoms with E-state index in [9.17, 15) is 9.59 Å². The van der Waals surface area contributed by atoms with Crippen molar-refractivity contribution in [3.63, 3.8) is 0 Å². The molecule has 2 fully saturated rings. The summed E-state index contributed by atoms with van der Waals surface area (Å²) in [7, 11) is 2.15. The standard InChI is InChI=1S/C26H35N5O2/c1-20-18-22(10-11-23(20)31-16-14-30(2)15-17-31)28-24(32)26(12-6-7-13-26)29-25(33)27-19-21-8-4-3-5-9-21/h3-5,8-11,18H,6-7,12-17,19H2,1-2H3,(H,28,32)(H2,27,29,33). The van der Waals surface area contributed by atoms with Gasteiger partial charge in [0.05, 0.1) is 0 Å². The number of hydrogen-bond acceptors (Lipinski definition) is 4. The van der Waals surface area contributed by atoms with Crippen molar-refractivity contribution in [1.29, 1.82) is 0 Å². The number of rotatable bonds is 6. The number of benzene rings is 2. The van der Waals surface area contributed by atoms with E-state index in [0.29, 0.717) is 19.4 Å². The van der Waals surface area contributed by atoms with Crippen LogP contribution in [0.15, 0.2) is 48.5 Å². The molecule has 1 heterocycles. The average Bonchev–Trinajstić information content (AvgIpc) is 3.29. The Labute approximate surface area is 196 Å². The lowest BCUT2D eigenvalue weighted by molar-refractivity contribution is -0.121. The lowest BCUT2D eigenvalue weighted by Crippen LogP contribution is -2.57. The van der Waals surface area contributed by atoms with Gasteiger partial charge in [-0.25, -0.2) is 4.79 Å². The third-order valence-electron chi connectivity index (χ3n) is 6.84. The molecule has 1 aliphatic heterocycles. The second kappa shape index (κ2) is 10.3. The van der Waals surface area contributed by atoms with Gasteiger partial charge in [0.15, 0.2) is 0 Å². The number of urea groups is 1. The van der Waals surface area contributed by atoms with E-state index in [1.807, 2.05) is 42.5 Å². The Kier molecular flexibility index (Phi) is 7.18. The topological polar surface area (TPSA) is 76.7 Å². The summed E-state index contributed by atoms with van der Waals surface area (Å²) < 4.78 is 0. The number of carbonyl (C=O) groups excluding carboxylic acids is 2. The van der Waals surface area contributed by atoms with Crippen LogP contribution in [-0.2, 0) is 11.3 Å². The van der Waals surface area contributed by atoms with E-state index < -0.39 is 5.54 Å². The Hall–Kier alpha value is -3.06. The molecule has 0 unspecified atom stereocenters. The van der Waals surface area contributed by atoms with E-state index in [0.717, 1.165) is 55.8 Å². The molecule has 7 heteroatoms. The molecule has 7 nitrogen and oxygen atoms in total. The van der Waals surface area contributed by atoms with Gasteiger partial charge in [-0.2, -0.15) is 0 Å². The summed E-state index contributed by atoms with van der Waals surface area (Å²) in [6, 6.07) is 15.5. The van der Waals surface area contributed by atoms with Crippen molar-refractivity contribution in [1.82, 2.24) is 15.5 Å². The maximum Gasteiger partial charge on any atom is 0.315 e. The Morgan fingerprint density at radius 3 is 2.33 bits per heavy atom. The molecule has 2 aliphatic rings. The van der Waals surface area contributed by atoms with Gasteiger partial charge in [0, 0.05) is 44.1 Å². The summed E-state index contributed by atoms with van der Waals surface area (Å²) in [5, 5.41) is 8.95. The molecule has 2 aromatic rings. The molecule has 2 aromatic carbocycles. The fourth-order valence-electron chi connectivity index (χ4n) is 4.81. The molecule has 33 heavy (non-hydrogen) atoms. The number of hydrogen-bond donors (Lipinski definition) is 3. The predicted octanol–water partition coefficient (Wildman–Crippen LogP) is 3.50. The van der Waals surface area contributed by atoms with Crippen molar-refractivity contribution < 1.29 is 9.59 Å². The van der Waals surface area contributed by atoms with Crippen molar-refractivity contribution in [2.75, 3.05) is 43.4 Å². The molecule has 1 saturated carbocycles. The zero-order valence-corrected chi connectivity index (χ0v) is 19.7. The second-order valence-corrected chi connectivity index (χ2v) is 9.33. The van der Waals surface area contributed by atoms with Crippen LogP contribution in [0.5, 0.6) is 0 Å². The first-order valence-electron chi connectivity index (χ1n) is 11.9. The number of nitrogens with one attached hydrogen (secondary N) is 3. The van der Waals surface area contributed by atoms with Gasteiger partial charge < -0.3 is 25.8 Å². The van der Waals surface area contributed by atoms with Gasteiger partial charge in [-0.3, -0.25) is 4.79 Å². The molecule has 1 aliphatic carbocycles. The van der Waals surface area contributed by atoms with E-state index in [1.165, 1.54) is 5.69 Å². The van der Waals surface area contributed by atoms with Crippen LogP contribution in [0.2, 0.25) is 0 Å². The smallest absolute Gasteiger partial charge is 0.315 e. The van der Waals surface area contributed by atoms with Crippen LogP contribution in [0.1, 0.15) is 36.8 Å². The molecule has 0 aromatic heterocycles. The summed E-state index contributed by atoms with van der Waals surface area (Å²) in [4.78, 5) is 30.7. The highest BCUT2D eigenvalue weighted by Gasteiger charge is 2.42. The van der Waals surface area contributed by atoms with Gasteiger partial charge in [0.1, 0.15) is 5.54 Å². The molecule has 4 rings (SSSR count). The third-order valence-corrected chi connectivity index (χ3v) is 6.84. The van der Waals surface area contributed by atoms with Crippen molar-refractivity contribution in [3.8, 4) is 0 Å². The highest BCUT2D eigenvalue weighted by atomic mass is 16.2. The number of aryl methyl sites for hydroxylation is 1. The van der Waals surface area contributed by atoms with E-state index in [2.05, 4.69) is 45.8 Å². The number of piperazine rings is 1. The fourth-order valence-corrected chi connectivity index (χ4v) is 4.81. The monoisotopic (exact) mass is 449 g/mol. The fraction of sp³-hybridized carbons (Fsp3) is 0.462. The van der Waals surface area contributed by atoms with Crippen molar-refractivity contribution in [2.24, 2.45) is 0 Å². The molecular formula is C26H35N5O2. The maximum atomic E-state index is 13.3. The number of carbonyl (C=O) groups is 2. The first-order chi connectivity index (χ1) is 15.9. The predicted molar refractivity (Wildman–Crippen MR) is 133 cm³/mol. The van der Waals surface area contributed by atoms with Crippen LogP contribution in [-0.4, -0.2) is 55.6 Å². The second-order valence-electron chi connectivity index (χ2n) is 9.33. The Balaban J connectivity index is 1.38. The first kappa shape index (κ1) is 23.1. The molecule has 0 radical (unpaired) electrons. The highest BCUT2D eigenvalue weighted by Crippen LogP contribution is 2.32. The zero-order chi connectivity index (χ0) is 23.3. The van der Waals surface area contributed by atoms with Gasteiger partial charge in [0.25, 0.3) is 0 Å². The van der Waals surface area contributed by atoms with Crippen LogP contribution < -0.4 is 20.9 Å². The summed E-state index contributed by atoms with van der Waals surface area (Å²) in [5.41, 5.74) is 3.29. The minimum atomic E-state index is -0.870. The SMILES string of the molecule is Cc1cc(NC(=O)C2(NC(=O)NCc3ccccc3)CCCC2)ccc1N1CCN(C)CC1. The normalized spacial score (nSPS) is 18.1. The number of likely N-dealkylation sites (N-methyl/N-ethyl adjacent to an activating group) is 1. The zero-order valence-electron chi connectivity index (χ0n) is 19.7. The molecule has 0 bridgehead atoms. The molecule has 1 saturated heterocycles. The largest absolute Gasteiger partial charge is 0.369 e. The van der Waals surface area contributed by atoms with Gasteiger partial charge in [-0.05, 0) is 56.1 Å². The molecule has 0 spiro atoms. The molecular weight excluding hydrogens is 414 g/mol.